The van der Waals surface area contributed by atoms with Gasteiger partial charge in [0.2, 0.25) is 5.91 Å². The Kier molecular flexibility index (Phi) is 4.46. The van der Waals surface area contributed by atoms with Crippen molar-refractivity contribution in [2.24, 2.45) is 5.92 Å². The van der Waals surface area contributed by atoms with Crippen LogP contribution in [0.15, 0.2) is 18.2 Å². The lowest BCUT2D eigenvalue weighted by Gasteiger charge is -2.22. The van der Waals surface area contributed by atoms with Crippen LogP contribution in [0.2, 0.25) is 0 Å². The highest BCUT2D eigenvalue weighted by Gasteiger charge is 2.48. The van der Waals surface area contributed by atoms with Gasteiger partial charge >= 0.3 is 0 Å². The molecule has 1 aliphatic heterocycles. The van der Waals surface area contributed by atoms with Crippen molar-refractivity contribution >= 4 is 5.91 Å². The number of nitrogens with one attached hydrogen (secondary N) is 3. The molecule has 1 saturated heterocycles. The number of amides is 1. The van der Waals surface area contributed by atoms with Crippen LogP contribution in [-0.2, 0) is 4.79 Å². The van der Waals surface area contributed by atoms with E-state index in [9.17, 15) is 23.7 Å². The van der Waals surface area contributed by atoms with E-state index in [0.717, 1.165) is 31.0 Å². The topological polar surface area (TPSA) is 96.3 Å². The molecule has 1 heterocycles. The second-order valence-corrected chi connectivity index (χ2v) is 6.32. The van der Waals surface area contributed by atoms with Crippen LogP contribution >= 0.6 is 0 Å². The number of carbonyl (C=O) groups is 1. The first-order valence-corrected chi connectivity index (χ1v) is 7.78. The fraction of sp³-hybridized carbons (Fsp3) is 0.533. The van der Waals surface area contributed by atoms with Gasteiger partial charge in [0.05, 0.1) is 12.1 Å². The molecule has 2 aliphatic rings. The third-order valence-electron chi connectivity index (χ3n) is 4.53. The van der Waals surface area contributed by atoms with Gasteiger partial charge in [-0.25, -0.2) is 19.6 Å². The zero-order valence-corrected chi connectivity index (χ0v) is 13.0. The first-order valence-electron chi connectivity index (χ1n) is 7.78. The molecule has 0 spiro atoms. The Morgan fingerprint density at radius 1 is 1.38 bits per heavy atom. The number of carbonyl (C=O) groups excluding carboxylic acids is 1. The van der Waals surface area contributed by atoms with E-state index < -0.39 is 46.6 Å². The first kappa shape index (κ1) is 16.7. The molecule has 0 aromatic heterocycles. The Balaban J connectivity index is 1.80. The molecular formula is C15H18F2N4O3. The SMILES string of the molecule is CC1NNC(C(=O)NC(c2cc(F)ccc2F)C2CC2)C1[N+](=O)[O-]. The van der Waals surface area contributed by atoms with E-state index in [1.807, 2.05) is 0 Å². The molecule has 0 radical (unpaired) electrons. The molecule has 4 unspecified atom stereocenters. The Bertz CT molecular complexity index is 668. The molecule has 2 fully saturated rings. The zero-order chi connectivity index (χ0) is 17.4. The summed E-state index contributed by atoms with van der Waals surface area (Å²) in [6.07, 6.45) is 1.57. The molecule has 3 rings (SSSR count). The van der Waals surface area contributed by atoms with E-state index in [1.165, 1.54) is 0 Å². The van der Waals surface area contributed by atoms with Crippen molar-refractivity contribution in [1.82, 2.24) is 16.2 Å². The van der Waals surface area contributed by atoms with E-state index in [0.29, 0.717) is 0 Å². The number of hydrazine groups is 1. The monoisotopic (exact) mass is 340 g/mol. The quantitative estimate of drug-likeness (QED) is 0.550. The number of hydrogen-bond acceptors (Lipinski definition) is 5. The van der Waals surface area contributed by atoms with E-state index in [1.54, 1.807) is 6.92 Å². The van der Waals surface area contributed by atoms with Gasteiger partial charge in [0.25, 0.3) is 6.04 Å². The average molecular weight is 340 g/mol. The van der Waals surface area contributed by atoms with Gasteiger partial charge in [-0.05, 0) is 43.9 Å². The minimum Gasteiger partial charge on any atom is -0.347 e. The molecule has 1 amide bonds. The van der Waals surface area contributed by atoms with E-state index >= 15 is 0 Å². The van der Waals surface area contributed by atoms with Crippen LogP contribution in [0.1, 0.15) is 31.4 Å². The van der Waals surface area contributed by atoms with Crippen molar-refractivity contribution in [2.45, 2.75) is 43.9 Å². The number of nitro groups is 1. The Hall–Kier alpha value is -2.13. The summed E-state index contributed by atoms with van der Waals surface area (Å²) < 4.78 is 27.5. The average Bonchev–Trinajstić information content (AvgIpc) is 3.28. The summed E-state index contributed by atoms with van der Waals surface area (Å²) in [7, 11) is 0. The highest BCUT2D eigenvalue weighted by atomic mass is 19.1. The highest BCUT2D eigenvalue weighted by molar-refractivity contribution is 5.83. The Labute approximate surface area is 136 Å². The van der Waals surface area contributed by atoms with Gasteiger partial charge in [-0.15, -0.1) is 0 Å². The molecule has 24 heavy (non-hydrogen) atoms. The molecule has 130 valence electrons. The maximum atomic E-state index is 14.0. The maximum absolute atomic E-state index is 14.0. The lowest BCUT2D eigenvalue weighted by atomic mass is 9.99. The largest absolute Gasteiger partial charge is 0.347 e. The van der Waals surface area contributed by atoms with Crippen molar-refractivity contribution in [3.63, 3.8) is 0 Å². The van der Waals surface area contributed by atoms with E-state index in [-0.39, 0.29) is 11.5 Å². The maximum Gasteiger partial charge on any atom is 0.254 e. The zero-order valence-electron chi connectivity index (χ0n) is 13.0. The molecule has 1 aromatic rings. The van der Waals surface area contributed by atoms with Gasteiger partial charge in [0, 0.05) is 10.5 Å². The lowest BCUT2D eigenvalue weighted by Crippen LogP contribution is -2.51. The van der Waals surface area contributed by atoms with Crippen LogP contribution in [0.5, 0.6) is 0 Å². The van der Waals surface area contributed by atoms with Crippen LogP contribution in [0.4, 0.5) is 8.78 Å². The van der Waals surface area contributed by atoms with Crippen molar-refractivity contribution in [3.05, 3.63) is 45.5 Å². The molecule has 0 bridgehead atoms. The van der Waals surface area contributed by atoms with Crippen LogP contribution in [0.3, 0.4) is 0 Å². The van der Waals surface area contributed by atoms with Gasteiger partial charge < -0.3 is 5.32 Å². The minimum atomic E-state index is -1.14. The number of hydrogen-bond donors (Lipinski definition) is 3. The summed E-state index contributed by atoms with van der Waals surface area (Å²) in [5.41, 5.74) is 5.35. The van der Waals surface area contributed by atoms with Crippen LogP contribution < -0.4 is 16.2 Å². The lowest BCUT2D eigenvalue weighted by molar-refractivity contribution is -0.523. The molecular weight excluding hydrogens is 322 g/mol. The second-order valence-electron chi connectivity index (χ2n) is 6.32. The Morgan fingerprint density at radius 2 is 2.08 bits per heavy atom. The number of benzene rings is 1. The summed E-state index contributed by atoms with van der Waals surface area (Å²) in [4.78, 5) is 23.1. The van der Waals surface area contributed by atoms with Crippen molar-refractivity contribution in [3.8, 4) is 0 Å². The van der Waals surface area contributed by atoms with Gasteiger partial charge in [-0.2, -0.15) is 0 Å². The summed E-state index contributed by atoms with van der Waals surface area (Å²) in [5.74, 6) is -1.80. The van der Waals surface area contributed by atoms with E-state index in [4.69, 9.17) is 0 Å². The molecule has 4 atom stereocenters. The highest BCUT2D eigenvalue weighted by Crippen LogP contribution is 2.42. The van der Waals surface area contributed by atoms with Gasteiger partial charge in [-0.1, -0.05) is 0 Å². The van der Waals surface area contributed by atoms with Crippen molar-refractivity contribution < 1.29 is 18.5 Å². The normalized spacial score (nSPS) is 27.7. The number of rotatable bonds is 5. The molecule has 1 aromatic carbocycles. The predicted molar refractivity (Wildman–Crippen MR) is 80.3 cm³/mol. The van der Waals surface area contributed by atoms with Crippen LogP contribution in [0.25, 0.3) is 0 Å². The molecule has 1 aliphatic carbocycles. The van der Waals surface area contributed by atoms with Crippen LogP contribution in [-0.4, -0.2) is 29.0 Å². The smallest absolute Gasteiger partial charge is 0.254 e. The summed E-state index contributed by atoms with van der Waals surface area (Å²) in [6, 6.07) is -0.345. The van der Waals surface area contributed by atoms with Gasteiger partial charge in [0.1, 0.15) is 11.6 Å². The molecule has 9 heteroatoms. The fourth-order valence-electron chi connectivity index (χ4n) is 3.08. The van der Waals surface area contributed by atoms with Gasteiger partial charge in [-0.3, -0.25) is 14.9 Å². The first-order chi connectivity index (χ1) is 11.4. The summed E-state index contributed by atoms with van der Waals surface area (Å²) in [6.45, 7) is 1.60. The molecule has 1 saturated carbocycles. The summed E-state index contributed by atoms with van der Waals surface area (Å²) >= 11 is 0. The van der Waals surface area contributed by atoms with Crippen molar-refractivity contribution in [1.29, 1.82) is 0 Å². The molecule has 3 N–H and O–H groups in total. The van der Waals surface area contributed by atoms with Crippen molar-refractivity contribution in [2.75, 3.05) is 0 Å². The van der Waals surface area contributed by atoms with Crippen LogP contribution in [0, 0.1) is 27.7 Å². The second kappa shape index (κ2) is 6.40. The standard InChI is InChI=1S/C15H18F2N4O3/c1-7-14(21(23)24)13(20-19-7)15(22)18-12(8-2-3-8)10-6-9(16)4-5-11(10)17/h4-8,12-14,19-20H,2-3H2,1H3,(H,18,22). The van der Waals surface area contributed by atoms with Gasteiger partial charge in [0.15, 0.2) is 6.04 Å². The Morgan fingerprint density at radius 3 is 2.71 bits per heavy atom. The summed E-state index contributed by atoms with van der Waals surface area (Å²) in [5, 5.41) is 13.8. The van der Waals surface area contributed by atoms with E-state index in [2.05, 4.69) is 16.2 Å². The molecule has 7 nitrogen and oxygen atoms in total. The fourth-order valence-corrected chi connectivity index (χ4v) is 3.08. The predicted octanol–water partition coefficient (Wildman–Crippen LogP) is 1.04. The number of nitrogens with zero attached hydrogens (tertiary/aromatic N) is 1. The third-order valence-corrected chi connectivity index (χ3v) is 4.53. The third kappa shape index (κ3) is 3.22. The number of halogens is 2. The minimum absolute atomic E-state index is 0.00564.